The predicted octanol–water partition coefficient (Wildman–Crippen LogP) is 2.27. The first-order chi connectivity index (χ1) is 13.0. The Balaban J connectivity index is 1.59. The van der Waals surface area contributed by atoms with Crippen molar-refractivity contribution in [3.8, 4) is 0 Å². The maximum Gasteiger partial charge on any atom is 0.274 e. The Bertz CT molecular complexity index is 863. The van der Waals surface area contributed by atoms with Gasteiger partial charge in [0.2, 0.25) is 0 Å². The van der Waals surface area contributed by atoms with Gasteiger partial charge in [-0.3, -0.25) is 19.2 Å². The molecular formula is C19H21N3O4S. The van der Waals surface area contributed by atoms with Gasteiger partial charge in [0.1, 0.15) is 5.00 Å². The first kappa shape index (κ1) is 19.1. The lowest BCUT2D eigenvalue weighted by molar-refractivity contribution is -0.122. The molecule has 0 spiro atoms. The minimum atomic E-state index is -0.546. The number of hydrogen-bond donors (Lipinski definition) is 3. The molecule has 0 unspecified atom stereocenters. The molecule has 0 fully saturated rings. The fourth-order valence-electron chi connectivity index (χ4n) is 3.08. The standard InChI is InChI=1S/C19H21N3O4S/c1-11-7-8-13-14(9-11)27-19(16(13)17(20)24)21-15(23)10-26-22-18(25)12-5-3-2-4-6-12/h2-6,11H,7-10H2,1H3,(H2,20,24)(H,21,23)(H,22,25)/t11-/m1/s1. The van der Waals surface area contributed by atoms with E-state index in [9.17, 15) is 14.4 Å². The number of carbonyl (C=O) groups is 3. The van der Waals surface area contributed by atoms with Crippen molar-refractivity contribution >= 4 is 34.1 Å². The molecule has 1 aromatic heterocycles. The number of nitrogens with two attached hydrogens (primary N) is 1. The zero-order chi connectivity index (χ0) is 19.4. The van der Waals surface area contributed by atoms with E-state index in [-0.39, 0.29) is 6.61 Å². The topological polar surface area (TPSA) is 111 Å². The highest BCUT2D eigenvalue weighted by atomic mass is 32.1. The molecule has 1 aromatic carbocycles. The van der Waals surface area contributed by atoms with E-state index < -0.39 is 17.7 Å². The van der Waals surface area contributed by atoms with Gasteiger partial charge in [0, 0.05) is 10.4 Å². The van der Waals surface area contributed by atoms with Crippen LogP contribution in [0, 0.1) is 5.92 Å². The predicted molar refractivity (Wildman–Crippen MR) is 103 cm³/mol. The molecule has 0 radical (unpaired) electrons. The highest BCUT2D eigenvalue weighted by Crippen LogP contribution is 2.39. The van der Waals surface area contributed by atoms with Crippen molar-refractivity contribution in [3.05, 3.63) is 51.9 Å². The number of nitrogens with one attached hydrogen (secondary N) is 2. The van der Waals surface area contributed by atoms with Crippen LogP contribution in [-0.4, -0.2) is 24.3 Å². The summed E-state index contributed by atoms with van der Waals surface area (Å²) in [6.07, 6.45) is 2.65. The molecule has 2 aromatic rings. The molecule has 0 saturated carbocycles. The molecule has 7 nitrogen and oxygen atoms in total. The fourth-order valence-corrected chi connectivity index (χ4v) is 4.51. The van der Waals surface area contributed by atoms with Gasteiger partial charge >= 0.3 is 0 Å². The lowest BCUT2D eigenvalue weighted by Crippen LogP contribution is -2.29. The molecular weight excluding hydrogens is 366 g/mol. The number of anilines is 1. The van der Waals surface area contributed by atoms with Crippen LogP contribution in [0.5, 0.6) is 0 Å². The second kappa shape index (κ2) is 8.32. The van der Waals surface area contributed by atoms with Crippen molar-refractivity contribution in [3.63, 3.8) is 0 Å². The highest BCUT2D eigenvalue weighted by Gasteiger charge is 2.27. The lowest BCUT2D eigenvalue weighted by atomic mass is 9.88. The average Bonchev–Trinajstić information content (AvgIpc) is 2.99. The van der Waals surface area contributed by atoms with Crippen molar-refractivity contribution in [2.75, 3.05) is 11.9 Å². The molecule has 4 N–H and O–H groups in total. The molecule has 0 saturated heterocycles. The second-order valence-corrected chi connectivity index (χ2v) is 7.66. The van der Waals surface area contributed by atoms with E-state index in [1.54, 1.807) is 30.3 Å². The Labute approximate surface area is 160 Å². The smallest absolute Gasteiger partial charge is 0.274 e. The van der Waals surface area contributed by atoms with Crippen LogP contribution in [0.15, 0.2) is 30.3 Å². The van der Waals surface area contributed by atoms with Crippen LogP contribution in [-0.2, 0) is 22.5 Å². The van der Waals surface area contributed by atoms with Crippen LogP contribution in [0.3, 0.4) is 0 Å². The summed E-state index contributed by atoms with van der Waals surface area (Å²) in [5.41, 5.74) is 9.51. The van der Waals surface area contributed by atoms with Gasteiger partial charge in [0.15, 0.2) is 6.61 Å². The van der Waals surface area contributed by atoms with E-state index in [4.69, 9.17) is 10.6 Å². The largest absolute Gasteiger partial charge is 0.365 e. The van der Waals surface area contributed by atoms with Gasteiger partial charge in [-0.05, 0) is 42.9 Å². The van der Waals surface area contributed by atoms with Crippen molar-refractivity contribution in [1.82, 2.24) is 5.48 Å². The molecule has 1 aliphatic carbocycles. The van der Waals surface area contributed by atoms with Crippen molar-refractivity contribution in [1.29, 1.82) is 0 Å². The molecule has 8 heteroatoms. The van der Waals surface area contributed by atoms with Gasteiger partial charge in [0.05, 0.1) is 5.56 Å². The first-order valence-electron chi connectivity index (χ1n) is 8.67. The normalized spacial score (nSPS) is 15.7. The summed E-state index contributed by atoms with van der Waals surface area (Å²) >= 11 is 1.38. The average molecular weight is 387 g/mol. The number of thiophene rings is 1. The van der Waals surface area contributed by atoms with Gasteiger partial charge in [-0.1, -0.05) is 25.1 Å². The number of carbonyl (C=O) groups excluding carboxylic acids is 3. The Morgan fingerprint density at radius 1 is 1.26 bits per heavy atom. The maximum atomic E-state index is 12.1. The molecule has 1 aliphatic rings. The van der Waals surface area contributed by atoms with Gasteiger partial charge in [-0.2, -0.15) is 0 Å². The van der Waals surface area contributed by atoms with E-state index in [1.165, 1.54) is 11.3 Å². The third-order valence-electron chi connectivity index (χ3n) is 4.42. The monoisotopic (exact) mass is 387 g/mol. The molecule has 27 heavy (non-hydrogen) atoms. The minimum Gasteiger partial charge on any atom is -0.365 e. The fraction of sp³-hybridized carbons (Fsp3) is 0.316. The Morgan fingerprint density at radius 3 is 2.70 bits per heavy atom. The van der Waals surface area contributed by atoms with Crippen LogP contribution >= 0.6 is 11.3 Å². The summed E-state index contributed by atoms with van der Waals surface area (Å²) in [4.78, 5) is 42.0. The summed E-state index contributed by atoms with van der Waals surface area (Å²) in [6, 6.07) is 8.52. The van der Waals surface area contributed by atoms with E-state index in [2.05, 4.69) is 17.7 Å². The van der Waals surface area contributed by atoms with E-state index in [0.29, 0.717) is 22.0 Å². The molecule has 0 aliphatic heterocycles. The quantitative estimate of drug-likeness (QED) is 0.660. The summed E-state index contributed by atoms with van der Waals surface area (Å²) < 4.78 is 0. The van der Waals surface area contributed by atoms with Crippen LogP contribution in [0.2, 0.25) is 0 Å². The molecule has 1 atom stereocenters. The summed E-state index contributed by atoms with van der Waals surface area (Å²) in [5, 5.41) is 3.13. The minimum absolute atomic E-state index is 0.379. The Morgan fingerprint density at radius 2 is 2.00 bits per heavy atom. The number of hydrogen-bond acceptors (Lipinski definition) is 5. The Kier molecular flexibility index (Phi) is 5.88. The number of primary amides is 1. The van der Waals surface area contributed by atoms with Gasteiger partial charge in [-0.15, -0.1) is 11.3 Å². The second-order valence-electron chi connectivity index (χ2n) is 6.55. The van der Waals surface area contributed by atoms with E-state index in [1.807, 2.05) is 0 Å². The van der Waals surface area contributed by atoms with Crippen LogP contribution in [0.25, 0.3) is 0 Å². The summed E-state index contributed by atoms with van der Waals surface area (Å²) in [5.74, 6) is -0.924. The van der Waals surface area contributed by atoms with E-state index in [0.717, 1.165) is 29.7 Å². The number of hydroxylamine groups is 1. The lowest BCUT2D eigenvalue weighted by Gasteiger charge is -2.18. The summed E-state index contributed by atoms with van der Waals surface area (Å²) in [6.45, 7) is 1.78. The first-order valence-corrected chi connectivity index (χ1v) is 9.48. The van der Waals surface area contributed by atoms with Gasteiger partial charge < -0.3 is 11.1 Å². The number of fused-ring (bicyclic) bond motifs is 1. The van der Waals surface area contributed by atoms with Gasteiger partial charge in [0.25, 0.3) is 17.7 Å². The molecule has 3 amide bonds. The van der Waals surface area contributed by atoms with Crippen molar-refractivity contribution < 1.29 is 19.2 Å². The van der Waals surface area contributed by atoms with E-state index >= 15 is 0 Å². The SMILES string of the molecule is C[C@@H]1CCc2c(sc(NC(=O)CONC(=O)c3ccccc3)c2C(N)=O)C1. The van der Waals surface area contributed by atoms with Gasteiger partial charge in [-0.25, -0.2) is 5.48 Å². The third kappa shape index (κ3) is 4.53. The van der Waals surface area contributed by atoms with Crippen molar-refractivity contribution in [2.45, 2.75) is 26.2 Å². The third-order valence-corrected chi connectivity index (χ3v) is 5.58. The number of amides is 3. The summed E-state index contributed by atoms with van der Waals surface area (Å²) in [7, 11) is 0. The number of benzene rings is 1. The zero-order valence-electron chi connectivity index (χ0n) is 14.9. The van der Waals surface area contributed by atoms with Crippen LogP contribution in [0.1, 0.15) is 44.5 Å². The van der Waals surface area contributed by atoms with Crippen LogP contribution < -0.4 is 16.5 Å². The van der Waals surface area contributed by atoms with Crippen LogP contribution in [0.4, 0.5) is 5.00 Å². The molecule has 3 rings (SSSR count). The maximum absolute atomic E-state index is 12.1. The Hall–Kier alpha value is -2.71. The molecule has 142 valence electrons. The highest BCUT2D eigenvalue weighted by molar-refractivity contribution is 7.17. The molecule has 0 bridgehead atoms. The van der Waals surface area contributed by atoms with Crippen molar-refractivity contribution in [2.24, 2.45) is 11.7 Å². The zero-order valence-corrected chi connectivity index (χ0v) is 15.7. The number of rotatable bonds is 6. The molecule has 1 heterocycles.